The monoisotopic (exact) mass is 476 g/mol. The Kier molecular flexibility index (Phi) is 6.79. The van der Waals surface area contributed by atoms with Crippen LogP contribution in [0, 0.1) is 0 Å². The molecule has 2 heterocycles. The summed E-state index contributed by atoms with van der Waals surface area (Å²) in [5.74, 6) is -2.20. The summed E-state index contributed by atoms with van der Waals surface area (Å²) in [7, 11) is 0. The molecule has 2 N–H and O–H groups in total. The number of carbonyl (C=O) groups excluding carboxylic acids is 2. The van der Waals surface area contributed by atoms with Crippen molar-refractivity contribution in [2.24, 2.45) is 5.73 Å². The third-order valence-corrected chi connectivity index (χ3v) is 6.48. The lowest BCUT2D eigenvalue weighted by Crippen LogP contribution is -2.42. The first-order chi connectivity index (χ1) is 16.5. The Balaban J connectivity index is 2.11. The molecule has 34 heavy (non-hydrogen) atoms. The molecule has 1 aliphatic heterocycles. The van der Waals surface area contributed by atoms with Gasteiger partial charge in [0, 0.05) is 0 Å². The van der Waals surface area contributed by atoms with Crippen LogP contribution in [0.2, 0.25) is 0 Å². The lowest BCUT2D eigenvalue weighted by atomic mass is 9.83. The maximum absolute atomic E-state index is 13.4. The molecule has 1 atom stereocenters. The Bertz CT molecular complexity index is 1440. The molecular formula is C26H24N2O5S. The molecule has 0 saturated carbocycles. The summed E-state index contributed by atoms with van der Waals surface area (Å²) in [5, 5.41) is 0. The number of fused-ring (bicyclic) bond motifs is 1. The molecule has 0 radical (unpaired) electrons. The SMILES string of the molecule is CCOC(=O)C1=C(N)n2c(s/c(=C/c3ccccc3)c2=O)=C(C(=O)OCC)[C@H]1c1ccccc1. The molecule has 1 aromatic heterocycles. The minimum atomic E-state index is -0.845. The van der Waals surface area contributed by atoms with Gasteiger partial charge in [-0.15, -0.1) is 11.3 Å². The molecule has 4 rings (SSSR count). The fourth-order valence-corrected chi connectivity index (χ4v) is 5.11. The van der Waals surface area contributed by atoms with Crippen LogP contribution in [0.25, 0.3) is 17.5 Å². The highest BCUT2D eigenvalue weighted by atomic mass is 32.1. The highest BCUT2D eigenvalue weighted by Crippen LogP contribution is 2.37. The summed E-state index contributed by atoms with van der Waals surface area (Å²) in [4.78, 5) is 39.8. The van der Waals surface area contributed by atoms with Crippen molar-refractivity contribution < 1.29 is 19.1 Å². The Morgan fingerprint density at radius 2 is 1.50 bits per heavy atom. The zero-order valence-corrected chi connectivity index (χ0v) is 19.6. The number of thiazole rings is 1. The molecular weight excluding hydrogens is 452 g/mol. The van der Waals surface area contributed by atoms with Crippen LogP contribution in [0.1, 0.15) is 30.9 Å². The van der Waals surface area contributed by atoms with E-state index in [1.54, 1.807) is 32.1 Å². The molecule has 0 aliphatic carbocycles. The molecule has 2 aromatic carbocycles. The number of nitrogens with two attached hydrogens (primary N) is 1. The van der Waals surface area contributed by atoms with Gasteiger partial charge in [-0.2, -0.15) is 0 Å². The van der Waals surface area contributed by atoms with E-state index in [2.05, 4.69) is 0 Å². The Labute approximate surface area is 200 Å². The van der Waals surface area contributed by atoms with Crippen molar-refractivity contribution >= 4 is 40.7 Å². The van der Waals surface area contributed by atoms with Gasteiger partial charge >= 0.3 is 11.9 Å². The third kappa shape index (κ3) is 4.20. The number of benzene rings is 2. The van der Waals surface area contributed by atoms with Crippen LogP contribution in [0.3, 0.4) is 0 Å². The number of esters is 2. The summed E-state index contributed by atoms with van der Waals surface area (Å²) in [6.07, 6.45) is 1.73. The second-order valence-electron chi connectivity index (χ2n) is 7.46. The first-order valence-corrected chi connectivity index (χ1v) is 11.7. The van der Waals surface area contributed by atoms with Crippen LogP contribution >= 0.6 is 11.3 Å². The second-order valence-corrected chi connectivity index (χ2v) is 8.49. The maximum Gasteiger partial charge on any atom is 0.338 e. The smallest absolute Gasteiger partial charge is 0.338 e. The van der Waals surface area contributed by atoms with Crippen LogP contribution in [-0.2, 0) is 19.1 Å². The zero-order chi connectivity index (χ0) is 24.2. The largest absolute Gasteiger partial charge is 0.463 e. The normalized spacial score (nSPS) is 15.8. The highest BCUT2D eigenvalue weighted by molar-refractivity contribution is 7.07. The van der Waals surface area contributed by atoms with E-state index >= 15 is 0 Å². The molecule has 0 spiro atoms. The van der Waals surface area contributed by atoms with Crippen LogP contribution in [0.15, 0.2) is 71.0 Å². The van der Waals surface area contributed by atoms with Crippen molar-refractivity contribution in [3.8, 4) is 0 Å². The van der Waals surface area contributed by atoms with Gasteiger partial charge in [-0.1, -0.05) is 60.7 Å². The highest BCUT2D eigenvalue weighted by Gasteiger charge is 2.39. The molecule has 7 nitrogen and oxygen atoms in total. The van der Waals surface area contributed by atoms with Gasteiger partial charge in [0.2, 0.25) is 0 Å². The molecule has 174 valence electrons. The van der Waals surface area contributed by atoms with Crippen molar-refractivity contribution in [3.63, 3.8) is 0 Å². The van der Waals surface area contributed by atoms with Gasteiger partial charge in [0.1, 0.15) is 10.5 Å². The van der Waals surface area contributed by atoms with Crippen LogP contribution in [0.5, 0.6) is 0 Å². The molecule has 3 aromatic rings. The van der Waals surface area contributed by atoms with Crippen LogP contribution < -0.4 is 20.5 Å². The van der Waals surface area contributed by atoms with E-state index in [0.717, 1.165) is 16.9 Å². The van der Waals surface area contributed by atoms with Crippen molar-refractivity contribution in [1.82, 2.24) is 4.57 Å². The molecule has 0 amide bonds. The van der Waals surface area contributed by atoms with E-state index in [1.165, 1.54) is 4.57 Å². The summed E-state index contributed by atoms with van der Waals surface area (Å²) in [5.41, 5.74) is 7.75. The first kappa shape index (κ1) is 23.3. The van der Waals surface area contributed by atoms with Crippen molar-refractivity contribution in [3.05, 3.63) is 96.9 Å². The average Bonchev–Trinajstić information content (AvgIpc) is 3.16. The van der Waals surface area contributed by atoms with E-state index in [-0.39, 0.29) is 30.2 Å². The lowest BCUT2D eigenvalue weighted by molar-refractivity contribution is -0.138. The fourth-order valence-electron chi connectivity index (χ4n) is 3.94. The van der Waals surface area contributed by atoms with Crippen LogP contribution in [0.4, 0.5) is 0 Å². The van der Waals surface area contributed by atoms with Gasteiger partial charge in [-0.05, 0) is 31.1 Å². The number of hydrogen-bond donors (Lipinski definition) is 1. The predicted octanol–water partition coefficient (Wildman–Crippen LogP) is 1.94. The predicted molar refractivity (Wildman–Crippen MR) is 131 cm³/mol. The van der Waals surface area contributed by atoms with E-state index in [9.17, 15) is 14.4 Å². The minimum absolute atomic E-state index is 0.0368. The quantitative estimate of drug-likeness (QED) is 0.546. The maximum atomic E-state index is 13.4. The standard InChI is InChI=1S/C26H24N2O5S/c1-3-32-25(30)20-19(17-13-9-6-10-14-17)21(26(31)33-4-2)24-28(22(20)27)23(29)18(34-24)15-16-11-7-5-8-12-16/h5-15,19H,3-4,27H2,1-2H3/b18-15+/t19-/m0/s1. The van der Waals surface area contributed by atoms with Crippen molar-refractivity contribution in [2.45, 2.75) is 19.8 Å². The Hall–Kier alpha value is -3.91. The van der Waals surface area contributed by atoms with Crippen LogP contribution in [-0.4, -0.2) is 29.7 Å². The van der Waals surface area contributed by atoms with Crippen molar-refractivity contribution in [2.75, 3.05) is 13.2 Å². The van der Waals surface area contributed by atoms with Gasteiger partial charge in [0.05, 0.1) is 34.8 Å². The molecule has 1 aliphatic rings. The number of ether oxygens (including phenoxy) is 2. The molecule has 8 heteroatoms. The first-order valence-electron chi connectivity index (χ1n) is 10.9. The van der Waals surface area contributed by atoms with Gasteiger partial charge in [0.15, 0.2) is 0 Å². The average molecular weight is 477 g/mol. The lowest BCUT2D eigenvalue weighted by Gasteiger charge is -2.27. The van der Waals surface area contributed by atoms with Gasteiger partial charge in [-0.25, -0.2) is 9.59 Å². The molecule has 0 unspecified atom stereocenters. The summed E-state index contributed by atoms with van der Waals surface area (Å²) >= 11 is 1.14. The van der Waals surface area contributed by atoms with E-state index in [4.69, 9.17) is 15.2 Å². The number of carbonyl (C=O) groups is 2. The third-order valence-electron chi connectivity index (χ3n) is 5.37. The molecule has 0 saturated heterocycles. The number of rotatable bonds is 6. The van der Waals surface area contributed by atoms with Gasteiger partial charge in [-0.3, -0.25) is 9.36 Å². The number of nitrogens with zero attached hydrogens (tertiary/aromatic N) is 1. The summed E-state index contributed by atoms with van der Waals surface area (Å²) in [6.45, 7) is 3.63. The second kappa shape index (κ2) is 9.93. The van der Waals surface area contributed by atoms with Crippen molar-refractivity contribution in [1.29, 1.82) is 0 Å². The zero-order valence-electron chi connectivity index (χ0n) is 18.8. The summed E-state index contributed by atoms with van der Waals surface area (Å²) in [6, 6.07) is 18.4. The topological polar surface area (TPSA) is 101 Å². The van der Waals surface area contributed by atoms with E-state index < -0.39 is 23.4 Å². The summed E-state index contributed by atoms with van der Waals surface area (Å²) < 4.78 is 12.6. The minimum Gasteiger partial charge on any atom is -0.463 e. The van der Waals surface area contributed by atoms with E-state index in [0.29, 0.717) is 14.8 Å². The van der Waals surface area contributed by atoms with E-state index in [1.807, 2.05) is 48.5 Å². The molecule has 0 fully saturated rings. The Morgan fingerprint density at radius 3 is 2.09 bits per heavy atom. The Morgan fingerprint density at radius 1 is 0.941 bits per heavy atom. The fraction of sp³-hybridized carbons (Fsp3) is 0.192. The number of aromatic nitrogens is 1. The van der Waals surface area contributed by atoms with Gasteiger partial charge < -0.3 is 15.2 Å². The molecule has 0 bridgehead atoms. The number of hydrogen-bond acceptors (Lipinski definition) is 7. The van der Waals surface area contributed by atoms with Gasteiger partial charge in [0.25, 0.3) is 5.56 Å².